The van der Waals surface area contributed by atoms with Crippen molar-refractivity contribution in [3.63, 3.8) is 0 Å². The van der Waals surface area contributed by atoms with E-state index in [2.05, 4.69) is 25.2 Å². The molecule has 0 radical (unpaired) electrons. The fourth-order valence-corrected chi connectivity index (χ4v) is 1.65. The highest BCUT2D eigenvalue weighted by Gasteiger charge is 2.10. The number of ether oxygens (including phenoxy) is 1. The fraction of sp³-hybridized carbons (Fsp3) is 0.571. The molecule has 2 unspecified atom stereocenters. The number of rotatable bonds is 7. The van der Waals surface area contributed by atoms with Gasteiger partial charge in [-0.3, -0.25) is 0 Å². The Kier molecular flexibility index (Phi) is 6.01. The molecule has 0 fully saturated rings. The Hall–Kier alpha value is -1.06. The molecule has 1 rings (SSSR count). The fourth-order valence-electron chi connectivity index (χ4n) is 1.65. The summed E-state index contributed by atoms with van der Waals surface area (Å²) in [5.41, 5.74) is 1.14. The molecule has 2 atom stereocenters. The van der Waals surface area contributed by atoms with Crippen LogP contribution in [0.2, 0.25) is 0 Å². The molecule has 0 amide bonds. The molecule has 96 valence electrons. The molecule has 0 saturated heterocycles. The summed E-state index contributed by atoms with van der Waals surface area (Å²) in [5.74, 6) is 0.851. The summed E-state index contributed by atoms with van der Waals surface area (Å²) in [6, 6.07) is 8.23. The van der Waals surface area contributed by atoms with E-state index in [1.165, 1.54) is 0 Å². The average Bonchev–Trinajstić information content (AvgIpc) is 2.33. The van der Waals surface area contributed by atoms with Gasteiger partial charge in [0.25, 0.3) is 0 Å². The van der Waals surface area contributed by atoms with Gasteiger partial charge in [-0.15, -0.1) is 0 Å². The van der Waals surface area contributed by atoms with Gasteiger partial charge >= 0.3 is 0 Å². The van der Waals surface area contributed by atoms with E-state index in [1.807, 2.05) is 18.2 Å². The number of para-hydroxylation sites is 1. The van der Waals surface area contributed by atoms with Gasteiger partial charge in [-0.2, -0.15) is 0 Å². The van der Waals surface area contributed by atoms with Crippen molar-refractivity contribution in [2.24, 2.45) is 0 Å². The van der Waals surface area contributed by atoms with E-state index < -0.39 is 6.10 Å². The molecule has 0 aromatic heterocycles. The lowest BCUT2D eigenvalue weighted by Crippen LogP contribution is -2.21. The Morgan fingerprint density at radius 1 is 1.29 bits per heavy atom. The SMILES string of the molecule is CCCNC(C)c1ccccc1OCC(C)O. The van der Waals surface area contributed by atoms with Crippen molar-refractivity contribution < 1.29 is 9.84 Å². The van der Waals surface area contributed by atoms with Crippen LogP contribution in [0.25, 0.3) is 0 Å². The zero-order chi connectivity index (χ0) is 12.7. The third-order valence-electron chi connectivity index (χ3n) is 2.57. The first-order chi connectivity index (χ1) is 8.15. The van der Waals surface area contributed by atoms with Crippen LogP contribution >= 0.6 is 0 Å². The second-order valence-electron chi connectivity index (χ2n) is 4.37. The van der Waals surface area contributed by atoms with Gasteiger partial charge < -0.3 is 15.2 Å². The van der Waals surface area contributed by atoms with E-state index >= 15 is 0 Å². The zero-order valence-electron chi connectivity index (χ0n) is 10.9. The molecule has 3 heteroatoms. The minimum Gasteiger partial charge on any atom is -0.491 e. The molecule has 0 spiro atoms. The van der Waals surface area contributed by atoms with Gasteiger partial charge in [-0.25, -0.2) is 0 Å². The molecule has 0 saturated carbocycles. The highest BCUT2D eigenvalue weighted by atomic mass is 16.5. The van der Waals surface area contributed by atoms with Gasteiger partial charge in [0.1, 0.15) is 12.4 Å². The van der Waals surface area contributed by atoms with Crippen LogP contribution in [0.5, 0.6) is 5.75 Å². The topological polar surface area (TPSA) is 41.5 Å². The maximum atomic E-state index is 9.24. The monoisotopic (exact) mass is 237 g/mol. The van der Waals surface area contributed by atoms with Crippen molar-refractivity contribution in [3.05, 3.63) is 29.8 Å². The third-order valence-corrected chi connectivity index (χ3v) is 2.57. The maximum absolute atomic E-state index is 9.24. The van der Waals surface area contributed by atoms with Gasteiger partial charge in [0, 0.05) is 11.6 Å². The van der Waals surface area contributed by atoms with Crippen LogP contribution in [0.4, 0.5) is 0 Å². The minimum atomic E-state index is -0.443. The Morgan fingerprint density at radius 2 is 2.00 bits per heavy atom. The zero-order valence-corrected chi connectivity index (χ0v) is 10.9. The number of hydrogen-bond acceptors (Lipinski definition) is 3. The largest absolute Gasteiger partial charge is 0.491 e. The summed E-state index contributed by atoms with van der Waals surface area (Å²) in [6.07, 6.45) is 0.670. The smallest absolute Gasteiger partial charge is 0.124 e. The number of hydrogen-bond donors (Lipinski definition) is 2. The Balaban J connectivity index is 2.69. The average molecular weight is 237 g/mol. The van der Waals surface area contributed by atoms with Gasteiger partial charge in [0.15, 0.2) is 0 Å². The molecule has 0 bridgehead atoms. The third kappa shape index (κ3) is 4.75. The molecule has 0 aliphatic carbocycles. The maximum Gasteiger partial charge on any atom is 0.124 e. The van der Waals surface area contributed by atoms with Crippen molar-refractivity contribution in [1.82, 2.24) is 5.32 Å². The van der Waals surface area contributed by atoms with Crippen LogP contribution in [0.15, 0.2) is 24.3 Å². The Morgan fingerprint density at radius 3 is 2.65 bits per heavy atom. The quantitative estimate of drug-likeness (QED) is 0.765. The summed E-state index contributed by atoms with van der Waals surface area (Å²) in [5, 5.41) is 12.7. The molecular weight excluding hydrogens is 214 g/mol. The molecule has 1 aromatic rings. The first-order valence-corrected chi connectivity index (χ1v) is 6.28. The van der Waals surface area contributed by atoms with E-state index in [0.717, 1.165) is 24.3 Å². The highest BCUT2D eigenvalue weighted by molar-refractivity contribution is 5.35. The van der Waals surface area contributed by atoms with Crippen LogP contribution in [0.1, 0.15) is 38.8 Å². The second-order valence-corrected chi connectivity index (χ2v) is 4.37. The second kappa shape index (κ2) is 7.30. The highest BCUT2D eigenvalue weighted by Crippen LogP contribution is 2.24. The number of nitrogens with one attached hydrogen (secondary N) is 1. The molecule has 0 heterocycles. The van der Waals surface area contributed by atoms with E-state index in [-0.39, 0.29) is 6.04 Å². The van der Waals surface area contributed by atoms with Crippen LogP contribution in [-0.4, -0.2) is 24.4 Å². The van der Waals surface area contributed by atoms with E-state index in [0.29, 0.717) is 6.61 Å². The first kappa shape index (κ1) is 14.0. The lowest BCUT2D eigenvalue weighted by atomic mass is 10.1. The van der Waals surface area contributed by atoms with E-state index in [9.17, 15) is 5.11 Å². The lowest BCUT2D eigenvalue weighted by Gasteiger charge is -2.18. The Bertz CT molecular complexity index is 326. The van der Waals surface area contributed by atoms with Crippen molar-refractivity contribution in [1.29, 1.82) is 0 Å². The molecule has 0 aliphatic heterocycles. The van der Waals surface area contributed by atoms with Crippen molar-refractivity contribution in [3.8, 4) is 5.75 Å². The van der Waals surface area contributed by atoms with Gasteiger partial charge in [0.05, 0.1) is 6.10 Å². The molecular formula is C14H23NO2. The van der Waals surface area contributed by atoms with E-state index in [1.54, 1.807) is 6.92 Å². The molecule has 3 nitrogen and oxygen atoms in total. The number of aliphatic hydroxyl groups is 1. The summed E-state index contributed by atoms with van der Waals surface area (Å²) >= 11 is 0. The normalized spacial score (nSPS) is 14.4. The lowest BCUT2D eigenvalue weighted by molar-refractivity contribution is 0.122. The van der Waals surface area contributed by atoms with Crippen molar-refractivity contribution >= 4 is 0 Å². The van der Waals surface area contributed by atoms with Crippen LogP contribution in [-0.2, 0) is 0 Å². The predicted octanol–water partition coefficient (Wildman–Crippen LogP) is 2.51. The Labute approximate surface area is 104 Å². The van der Waals surface area contributed by atoms with E-state index in [4.69, 9.17) is 4.74 Å². The van der Waals surface area contributed by atoms with Crippen LogP contribution < -0.4 is 10.1 Å². The summed E-state index contributed by atoms with van der Waals surface area (Å²) < 4.78 is 5.61. The molecule has 2 N–H and O–H groups in total. The summed E-state index contributed by atoms with van der Waals surface area (Å²) in [6.45, 7) is 7.32. The van der Waals surface area contributed by atoms with Crippen LogP contribution in [0, 0.1) is 0 Å². The number of aliphatic hydroxyl groups excluding tert-OH is 1. The van der Waals surface area contributed by atoms with Crippen molar-refractivity contribution in [2.45, 2.75) is 39.3 Å². The standard InChI is InChI=1S/C14H23NO2/c1-4-9-15-12(3)13-7-5-6-8-14(13)17-10-11(2)16/h5-8,11-12,15-16H,4,9-10H2,1-3H3. The number of benzene rings is 1. The summed E-state index contributed by atoms with van der Waals surface area (Å²) in [4.78, 5) is 0. The first-order valence-electron chi connectivity index (χ1n) is 6.28. The van der Waals surface area contributed by atoms with Crippen LogP contribution in [0.3, 0.4) is 0 Å². The predicted molar refractivity (Wildman–Crippen MR) is 70.3 cm³/mol. The molecule has 1 aromatic carbocycles. The van der Waals surface area contributed by atoms with Gasteiger partial charge in [-0.1, -0.05) is 25.1 Å². The van der Waals surface area contributed by atoms with Gasteiger partial charge in [-0.05, 0) is 32.9 Å². The van der Waals surface area contributed by atoms with Gasteiger partial charge in [0.2, 0.25) is 0 Å². The minimum absolute atomic E-state index is 0.264. The molecule has 17 heavy (non-hydrogen) atoms. The molecule has 0 aliphatic rings. The van der Waals surface area contributed by atoms with Crippen molar-refractivity contribution in [2.75, 3.05) is 13.2 Å². The summed E-state index contributed by atoms with van der Waals surface area (Å²) in [7, 11) is 0.